The van der Waals surface area contributed by atoms with Crippen LogP contribution in [-0.2, 0) is 11.3 Å². The number of H-pyrrole nitrogens is 1. The molecule has 4 nitrogen and oxygen atoms in total. The van der Waals surface area contributed by atoms with Crippen LogP contribution in [0.4, 0.5) is 0 Å². The van der Waals surface area contributed by atoms with Gasteiger partial charge in [-0.25, -0.2) is 0 Å². The Bertz CT molecular complexity index is 375. The van der Waals surface area contributed by atoms with Crippen LogP contribution in [0, 0.1) is 23.2 Å². The normalized spacial score (nSPS) is 12.2. The van der Waals surface area contributed by atoms with Gasteiger partial charge in [0.15, 0.2) is 0 Å². The first-order valence-electron chi connectivity index (χ1n) is 5.33. The number of rotatable bonds is 4. The maximum Gasteiger partial charge on any atom is 0.240 e. The minimum absolute atomic E-state index is 0.0450. The Hall–Kier alpha value is -1.76. The van der Waals surface area contributed by atoms with Crippen molar-refractivity contribution in [2.75, 3.05) is 7.05 Å². The van der Waals surface area contributed by atoms with Crippen molar-refractivity contribution in [3.05, 3.63) is 24.0 Å². The van der Waals surface area contributed by atoms with E-state index in [1.807, 2.05) is 32.2 Å². The monoisotopic (exact) mass is 219 g/mol. The molecule has 0 aromatic carbocycles. The maximum atomic E-state index is 11.9. The average Bonchev–Trinajstić information content (AvgIpc) is 2.70. The molecule has 1 unspecified atom stereocenters. The van der Waals surface area contributed by atoms with Crippen LogP contribution in [0.3, 0.4) is 0 Å². The van der Waals surface area contributed by atoms with Crippen LogP contribution in [0.1, 0.15) is 19.5 Å². The van der Waals surface area contributed by atoms with Gasteiger partial charge in [0.2, 0.25) is 5.91 Å². The second kappa shape index (κ2) is 5.36. The summed E-state index contributed by atoms with van der Waals surface area (Å²) in [4.78, 5) is 16.5. The van der Waals surface area contributed by atoms with Crippen molar-refractivity contribution in [1.82, 2.24) is 9.88 Å². The molecule has 86 valence electrons. The molecule has 0 aliphatic heterocycles. The van der Waals surface area contributed by atoms with Crippen LogP contribution in [-0.4, -0.2) is 22.8 Å². The molecule has 1 aromatic rings. The molecule has 0 aliphatic carbocycles. The molecule has 0 aliphatic rings. The summed E-state index contributed by atoms with van der Waals surface area (Å²) in [6.07, 6.45) is 1.82. The lowest BCUT2D eigenvalue weighted by Gasteiger charge is -2.21. The van der Waals surface area contributed by atoms with E-state index in [1.165, 1.54) is 0 Å². The SMILES string of the molecule is CC(C)C(C#N)C(=O)N(C)Cc1ccc[nH]1. The zero-order chi connectivity index (χ0) is 12.1. The van der Waals surface area contributed by atoms with Crippen LogP contribution >= 0.6 is 0 Å². The molecule has 4 heteroatoms. The summed E-state index contributed by atoms with van der Waals surface area (Å²) in [5.74, 6) is -0.629. The zero-order valence-corrected chi connectivity index (χ0v) is 9.90. The molecule has 0 bridgehead atoms. The van der Waals surface area contributed by atoms with Crippen molar-refractivity contribution in [2.24, 2.45) is 11.8 Å². The molecule has 1 N–H and O–H groups in total. The molecule has 1 amide bonds. The van der Waals surface area contributed by atoms with Gasteiger partial charge in [-0.3, -0.25) is 4.79 Å². The number of aromatic nitrogens is 1. The molecular weight excluding hydrogens is 202 g/mol. The number of hydrogen-bond donors (Lipinski definition) is 1. The summed E-state index contributed by atoms with van der Waals surface area (Å²) in [6.45, 7) is 4.28. The Labute approximate surface area is 95.9 Å². The van der Waals surface area contributed by atoms with Crippen LogP contribution in [0.25, 0.3) is 0 Å². The zero-order valence-electron chi connectivity index (χ0n) is 9.90. The van der Waals surface area contributed by atoms with Gasteiger partial charge in [-0.05, 0) is 18.1 Å². The number of nitrogens with zero attached hydrogens (tertiary/aromatic N) is 2. The van der Waals surface area contributed by atoms with Crippen molar-refractivity contribution >= 4 is 5.91 Å². The molecule has 0 saturated heterocycles. The molecule has 0 radical (unpaired) electrons. The van der Waals surface area contributed by atoms with Gasteiger partial charge in [-0.1, -0.05) is 13.8 Å². The second-order valence-electron chi connectivity index (χ2n) is 4.24. The van der Waals surface area contributed by atoms with E-state index in [1.54, 1.807) is 11.9 Å². The van der Waals surface area contributed by atoms with E-state index in [9.17, 15) is 4.79 Å². The van der Waals surface area contributed by atoms with Crippen molar-refractivity contribution in [1.29, 1.82) is 5.26 Å². The van der Waals surface area contributed by atoms with E-state index in [0.29, 0.717) is 6.54 Å². The van der Waals surface area contributed by atoms with Gasteiger partial charge >= 0.3 is 0 Å². The van der Waals surface area contributed by atoms with Crippen molar-refractivity contribution in [3.63, 3.8) is 0 Å². The Morgan fingerprint density at radius 1 is 1.62 bits per heavy atom. The molecule has 0 fully saturated rings. The fourth-order valence-corrected chi connectivity index (χ4v) is 1.53. The van der Waals surface area contributed by atoms with Gasteiger partial charge in [0, 0.05) is 18.9 Å². The van der Waals surface area contributed by atoms with E-state index in [4.69, 9.17) is 5.26 Å². The summed E-state index contributed by atoms with van der Waals surface area (Å²) >= 11 is 0. The highest BCUT2D eigenvalue weighted by atomic mass is 16.2. The number of amides is 1. The Morgan fingerprint density at radius 2 is 2.31 bits per heavy atom. The van der Waals surface area contributed by atoms with Crippen LogP contribution in [0.5, 0.6) is 0 Å². The second-order valence-corrected chi connectivity index (χ2v) is 4.24. The highest BCUT2D eigenvalue weighted by Crippen LogP contribution is 2.13. The summed E-state index contributed by atoms with van der Waals surface area (Å²) in [6, 6.07) is 5.86. The Kier molecular flexibility index (Phi) is 4.12. The highest BCUT2D eigenvalue weighted by molar-refractivity contribution is 5.81. The summed E-state index contributed by atoms with van der Waals surface area (Å²) in [5, 5.41) is 8.94. The topological polar surface area (TPSA) is 59.9 Å². The van der Waals surface area contributed by atoms with Gasteiger partial charge in [0.05, 0.1) is 12.6 Å². The largest absolute Gasteiger partial charge is 0.364 e. The van der Waals surface area contributed by atoms with Crippen molar-refractivity contribution < 1.29 is 4.79 Å². The van der Waals surface area contributed by atoms with Gasteiger partial charge in [0.25, 0.3) is 0 Å². The van der Waals surface area contributed by atoms with E-state index < -0.39 is 5.92 Å². The van der Waals surface area contributed by atoms with Crippen molar-refractivity contribution in [2.45, 2.75) is 20.4 Å². The maximum absolute atomic E-state index is 11.9. The number of aromatic amines is 1. The van der Waals surface area contributed by atoms with Gasteiger partial charge < -0.3 is 9.88 Å². The lowest BCUT2D eigenvalue weighted by molar-refractivity contribution is -0.134. The van der Waals surface area contributed by atoms with E-state index in [2.05, 4.69) is 11.1 Å². The third-order valence-corrected chi connectivity index (χ3v) is 2.52. The fraction of sp³-hybridized carbons (Fsp3) is 0.500. The number of hydrogen-bond acceptors (Lipinski definition) is 2. The predicted octanol–water partition coefficient (Wildman–Crippen LogP) is 1.77. The van der Waals surface area contributed by atoms with Crippen LogP contribution < -0.4 is 0 Å². The van der Waals surface area contributed by atoms with E-state index in [0.717, 1.165) is 5.69 Å². The standard InChI is InChI=1S/C12H17N3O/c1-9(2)11(7-13)12(16)15(3)8-10-5-4-6-14-10/h4-6,9,11,14H,8H2,1-3H3. The summed E-state index contributed by atoms with van der Waals surface area (Å²) in [5.41, 5.74) is 0.969. The minimum atomic E-state index is -0.556. The molecule has 1 aromatic heterocycles. The third-order valence-electron chi connectivity index (χ3n) is 2.52. The molecule has 1 atom stereocenters. The van der Waals surface area contributed by atoms with E-state index in [-0.39, 0.29) is 11.8 Å². The first-order chi connectivity index (χ1) is 7.56. The van der Waals surface area contributed by atoms with Gasteiger partial charge in [-0.15, -0.1) is 0 Å². The van der Waals surface area contributed by atoms with Crippen molar-refractivity contribution in [3.8, 4) is 6.07 Å². The molecule has 1 rings (SSSR count). The minimum Gasteiger partial charge on any atom is -0.364 e. The summed E-state index contributed by atoms with van der Waals surface area (Å²) < 4.78 is 0. The van der Waals surface area contributed by atoms with Gasteiger partial charge in [0.1, 0.15) is 5.92 Å². The number of nitriles is 1. The third kappa shape index (κ3) is 2.86. The predicted molar refractivity (Wildman–Crippen MR) is 61.2 cm³/mol. The number of carbonyl (C=O) groups is 1. The fourth-order valence-electron chi connectivity index (χ4n) is 1.53. The smallest absolute Gasteiger partial charge is 0.240 e. The molecule has 0 spiro atoms. The Balaban J connectivity index is 2.64. The highest BCUT2D eigenvalue weighted by Gasteiger charge is 2.24. The first kappa shape index (κ1) is 12.3. The van der Waals surface area contributed by atoms with Crippen LogP contribution in [0.2, 0.25) is 0 Å². The number of carbonyl (C=O) groups excluding carboxylic acids is 1. The molecule has 1 heterocycles. The van der Waals surface area contributed by atoms with E-state index >= 15 is 0 Å². The summed E-state index contributed by atoms with van der Waals surface area (Å²) in [7, 11) is 1.72. The lowest BCUT2D eigenvalue weighted by Crippen LogP contribution is -2.34. The lowest BCUT2D eigenvalue weighted by atomic mass is 9.96. The molecule has 0 saturated carbocycles. The van der Waals surface area contributed by atoms with Crippen LogP contribution in [0.15, 0.2) is 18.3 Å². The molecule has 16 heavy (non-hydrogen) atoms. The quantitative estimate of drug-likeness (QED) is 0.839. The molecular formula is C12H17N3O. The number of nitrogens with one attached hydrogen (secondary N) is 1. The average molecular weight is 219 g/mol. The first-order valence-corrected chi connectivity index (χ1v) is 5.33. The van der Waals surface area contributed by atoms with Gasteiger partial charge in [-0.2, -0.15) is 5.26 Å². The Morgan fingerprint density at radius 3 is 2.75 bits per heavy atom.